The summed E-state index contributed by atoms with van der Waals surface area (Å²) in [7, 11) is 0. The lowest BCUT2D eigenvalue weighted by Crippen LogP contribution is -2.40. The summed E-state index contributed by atoms with van der Waals surface area (Å²) < 4.78 is 16.7. The van der Waals surface area contributed by atoms with Gasteiger partial charge in [0, 0.05) is 0 Å². The van der Waals surface area contributed by atoms with E-state index < -0.39 is 11.4 Å². The first-order valence-corrected chi connectivity index (χ1v) is 5.65. The van der Waals surface area contributed by atoms with Gasteiger partial charge in [0.15, 0.2) is 5.79 Å². The maximum Gasteiger partial charge on any atom is 0.346 e. The van der Waals surface area contributed by atoms with Crippen molar-refractivity contribution >= 4 is 5.97 Å². The normalized spacial score (nSPS) is 34.5. The molecule has 2 fully saturated rings. The summed E-state index contributed by atoms with van der Waals surface area (Å²) in [5, 5.41) is 0. The van der Waals surface area contributed by atoms with E-state index in [2.05, 4.69) is 0 Å². The van der Waals surface area contributed by atoms with Crippen LogP contribution in [0.3, 0.4) is 0 Å². The van der Waals surface area contributed by atoms with Crippen LogP contribution in [-0.2, 0) is 24.6 Å². The Morgan fingerprint density at radius 3 is 2.65 bits per heavy atom. The molecule has 0 amide bonds. The second kappa shape index (κ2) is 3.31. The first-order valence-electron chi connectivity index (χ1n) is 5.65. The van der Waals surface area contributed by atoms with Crippen molar-refractivity contribution in [3.05, 3.63) is 35.9 Å². The average molecular weight is 234 g/mol. The van der Waals surface area contributed by atoms with Gasteiger partial charge in [-0.2, -0.15) is 0 Å². The highest BCUT2D eigenvalue weighted by Gasteiger charge is 2.64. The molecule has 0 aromatic heterocycles. The maximum absolute atomic E-state index is 12.0. The summed E-state index contributed by atoms with van der Waals surface area (Å²) >= 11 is 0. The van der Waals surface area contributed by atoms with Crippen molar-refractivity contribution in [2.45, 2.75) is 31.3 Å². The highest BCUT2D eigenvalue weighted by molar-refractivity contribution is 5.84. The molecule has 4 heteroatoms. The average Bonchev–Trinajstić information content (AvgIpc) is 2.74. The van der Waals surface area contributed by atoms with E-state index in [4.69, 9.17) is 14.2 Å². The number of ether oxygens (including phenoxy) is 3. The fourth-order valence-electron chi connectivity index (χ4n) is 2.53. The highest BCUT2D eigenvalue weighted by Crippen LogP contribution is 2.47. The second-order valence-corrected chi connectivity index (χ2v) is 4.81. The van der Waals surface area contributed by atoms with Crippen molar-refractivity contribution in [1.29, 1.82) is 0 Å². The number of fused-ring (bicyclic) bond motifs is 1. The minimum atomic E-state index is -1.09. The van der Waals surface area contributed by atoms with Gasteiger partial charge in [-0.1, -0.05) is 30.3 Å². The van der Waals surface area contributed by atoms with E-state index >= 15 is 0 Å². The topological polar surface area (TPSA) is 44.8 Å². The van der Waals surface area contributed by atoms with Gasteiger partial charge >= 0.3 is 5.97 Å². The summed E-state index contributed by atoms with van der Waals surface area (Å²) in [6.45, 7) is 3.86. The second-order valence-electron chi connectivity index (χ2n) is 4.81. The van der Waals surface area contributed by atoms with E-state index in [1.807, 2.05) is 44.2 Å². The van der Waals surface area contributed by atoms with Crippen LogP contribution in [0.1, 0.15) is 19.4 Å². The number of esters is 1. The molecular formula is C13H14O4. The lowest BCUT2D eigenvalue weighted by atomic mass is 9.90. The Kier molecular flexibility index (Phi) is 2.09. The van der Waals surface area contributed by atoms with Gasteiger partial charge in [-0.25, -0.2) is 4.79 Å². The van der Waals surface area contributed by atoms with Crippen molar-refractivity contribution in [3.63, 3.8) is 0 Å². The maximum atomic E-state index is 12.0. The van der Waals surface area contributed by atoms with Gasteiger partial charge in [0.2, 0.25) is 5.60 Å². The number of hydrogen-bond acceptors (Lipinski definition) is 4. The lowest BCUT2D eigenvalue weighted by Gasteiger charge is -2.24. The van der Waals surface area contributed by atoms with Crippen molar-refractivity contribution in [2.75, 3.05) is 6.61 Å². The van der Waals surface area contributed by atoms with E-state index in [-0.39, 0.29) is 18.7 Å². The first kappa shape index (κ1) is 10.7. The number of cyclic esters (lactones) is 1. The Balaban J connectivity index is 2.12. The van der Waals surface area contributed by atoms with Gasteiger partial charge in [0.1, 0.15) is 12.7 Å². The number of rotatable bonds is 1. The molecule has 1 aromatic carbocycles. The summed E-state index contributed by atoms with van der Waals surface area (Å²) in [5.41, 5.74) is -0.303. The Bertz CT molecular complexity index is 454. The van der Waals surface area contributed by atoms with Crippen LogP contribution in [0.4, 0.5) is 0 Å². The van der Waals surface area contributed by atoms with Crippen LogP contribution in [0, 0.1) is 0 Å². The van der Waals surface area contributed by atoms with Crippen LogP contribution >= 0.6 is 0 Å². The van der Waals surface area contributed by atoms with E-state index in [0.717, 1.165) is 5.56 Å². The molecule has 0 spiro atoms. The molecular weight excluding hydrogens is 220 g/mol. The minimum Gasteiger partial charge on any atom is -0.460 e. The summed E-state index contributed by atoms with van der Waals surface area (Å²) in [5.74, 6) is -1.13. The Morgan fingerprint density at radius 1 is 1.24 bits per heavy atom. The van der Waals surface area contributed by atoms with E-state index in [9.17, 15) is 4.79 Å². The van der Waals surface area contributed by atoms with E-state index in [1.54, 1.807) is 0 Å². The fourth-order valence-corrected chi connectivity index (χ4v) is 2.53. The van der Waals surface area contributed by atoms with Crippen LogP contribution < -0.4 is 0 Å². The predicted molar refractivity (Wildman–Crippen MR) is 59.1 cm³/mol. The van der Waals surface area contributed by atoms with Crippen LogP contribution in [0.15, 0.2) is 30.3 Å². The highest BCUT2D eigenvalue weighted by atomic mass is 16.8. The smallest absolute Gasteiger partial charge is 0.346 e. The van der Waals surface area contributed by atoms with Crippen molar-refractivity contribution in [3.8, 4) is 0 Å². The molecule has 90 valence electrons. The van der Waals surface area contributed by atoms with Crippen molar-refractivity contribution < 1.29 is 19.0 Å². The number of carbonyl (C=O) groups excluding carboxylic acids is 1. The van der Waals surface area contributed by atoms with E-state index in [1.165, 1.54) is 0 Å². The molecule has 0 unspecified atom stereocenters. The summed E-state index contributed by atoms with van der Waals surface area (Å²) in [6.07, 6.45) is -0.368. The summed E-state index contributed by atoms with van der Waals surface area (Å²) in [6, 6.07) is 9.38. The van der Waals surface area contributed by atoms with Gasteiger partial charge in [-0.05, 0) is 19.4 Å². The van der Waals surface area contributed by atoms with Gasteiger partial charge in [0.25, 0.3) is 0 Å². The van der Waals surface area contributed by atoms with Crippen LogP contribution in [0.5, 0.6) is 0 Å². The van der Waals surface area contributed by atoms with Gasteiger partial charge in [0.05, 0.1) is 0 Å². The third kappa shape index (κ3) is 1.41. The Labute approximate surface area is 99.5 Å². The van der Waals surface area contributed by atoms with Gasteiger partial charge < -0.3 is 14.2 Å². The summed E-state index contributed by atoms with van der Waals surface area (Å²) in [4.78, 5) is 12.0. The molecule has 2 saturated heterocycles. The van der Waals surface area contributed by atoms with Crippen molar-refractivity contribution in [2.24, 2.45) is 0 Å². The van der Waals surface area contributed by atoms with Crippen molar-refractivity contribution in [1.82, 2.24) is 0 Å². The molecule has 0 radical (unpaired) electrons. The predicted octanol–water partition coefficient (Wildman–Crippen LogP) is 1.59. The molecule has 2 aliphatic rings. The standard InChI is InChI=1S/C13H14O4/c1-12(2)16-10-8-15-11(14)13(10,17-12)9-6-4-3-5-7-9/h3-7,10H,8H2,1-2H3/t10-,13-/m1/s1. The molecule has 17 heavy (non-hydrogen) atoms. The number of benzene rings is 1. The minimum absolute atomic E-state index is 0.247. The molecule has 0 aliphatic carbocycles. The molecule has 2 aliphatic heterocycles. The van der Waals surface area contributed by atoms with Crippen LogP contribution in [0.25, 0.3) is 0 Å². The fraction of sp³-hybridized carbons (Fsp3) is 0.462. The molecule has 0 N–H and O–H groups in total. The molecule has 0 saturated carbocycles. The molecule has 3 rings (SSSR count). The third-order valence-electron chi connectivity index (χ3n) is 3.16. The zero-order chi connectivity index (χ0) is 12.1. The van der Waals surface area contributed by atoms with E-state index in [0.29, 0.717) is 0 Å². The molecule has 2 heterocycles. The Hall–Kier alpha value is -1.39. The van der Waals surface area contributed by atoms with Gasteiger partial charge in [-0.3, -0.25) is 0 Å². The lowest BCUT2D eigenvalue weighted by molar-refractivity contribution is -0.195. The number of carbonyl (C=O) groups is 1. The Morgan fingerprint density at radius 2 is 1.94 bits per heavy atom. The number of hydrogen-bond donors (Lipinski definition) is 0. The largest absolute Gasteiger partial charge is 0.460 e. The monoisotopic (exact) mass is 234 g/mol. The zero-order valence-electron chi connectivity index (χ0n) is 9.80. The first-order chi connectivity index (χ1) is 8.05. The van der Waals surface area contributed by atoms with Crippen LogP contribution in [0.2, 0.25) is 0 Å². The molecule has 2 atom stereocenters. The molecule has 1 aromatic rings. The zero-order valence-corrected chi connectivity index (χ0v) is 9.80. The van der Waals surface area contributed by atoms with Crippen LogP contribution in [-0.4, -0.2) is 24.5 Å². The molecule has 4 nitrogen and oxygen atoms in total. The third-order valence-corrected chi connectivity index (χ3v) is 3.16. The quantitative estimate of drug-likeness (QED) is 0.692. The SMILES string of the molecule is CC1(C)O[C@@H]2COC(=O)[C@]2(c2ccccc2)O1. The van der Waals surface area contributed by atoms with Gasteiger partial charge in [-0.15, -0.1) is 0 Å². The molecule has 0 bridgehead atoms.